The second kappa shape index (κ2) is 6.54. The Morgan fingerprint density at radius 3 is 2.75 bits per heavy atom. The summed E-state index contributed by atoms with van der Waals surface area (Å²) in [6, 6.07) is 4.87. The van der Waals surface area contributed by atoms with Crippen LogP contribution in [-0.2, 0) is 9.47 Å². The van der Waals surface area contributed by atoms with Crippen molar-refractivity contribution in [3.8, 4) is 0 Å². The summed E-state index contributed by atoms with van der Waals surface area (Å²) in [5, 5.41) is 5.83. The Morgan fingerprint density at radius 2 is 2.15 bits per heavy atom. The molecule has 0 amide bonds. The highest BCUT2D eigenvalue weighted by molar-refractivity contribution is 7.10. The molecule has 0 radical (unpaired) electrons. The van der Waals surface area contributed by atoms with Gasteiger partial charge in [-0.1, -0.05) is 13.0 Å². The first-order valence-electron chi connectivity index (χ1n) is 7.41. The minimum absolute atomic E-state index is 0.338. The Morgan fingerprint density at radius 1 is 1.35 bits per heavy atom. The number of hydrogen-bond acceptors (Lipinski definition) is 5. The first-order valence-corrected chi connectivity index (χ1v) is 8.28. The fourth-order valence-corrected chi connectivity index (χ4v) is 3.70. The van der Waals surface area contributed by atoms with Crippen LogP contribution < -0.4 is 5.32 Å². The van der Waals surface area contributed by atoms with Gasteiger partial charge in [-0.05, 0) is 11.4 Å². The number of ether oxygens (including phenoxy) is 2. The molecule has 3 rings (SSSR count). The molecule has 1 aromatic rings. The van der Waals surface area contributed by atoms with E-state index in [4.69, 9.17) is 9.47 Å². The van der Waals surface area contributed by atoms with E-state index >= 15 is 0 Å². The molecule has 2 saturated heterocycles. The smallest absolute Gasteiger partial charge is 0.0594 e. The SMILES string of the molecule is CC1(CNC[C@H](c2cccs2)N2CCOCC2)COC1. The Labute approximate surface area is 125 Å². The fraction of sp³-hybridized carbons (Fsp3) is 0.733. The second-order valence-electron chi connectivity index (χ2n) is 6.11. The van der Waals surface area contributed by atoms with Crippen LogP contribution in [0.2, 0.25) is 0 Å². The molecule has 112 valence electrons. The first-order chi connectivity index (χ1) is 9.77. The lowest BCUT2D eigenvalue weighted by molar-refractivity contribution is -0.0996. The monoisotopic (exact) mass is 296 g/mol. The molecule has 5 heteroatoms. The molecule has 0 spiro atoms. The zero-order valence-corrected chi connectivity index (χ0v) is 13.0. The summed E-state index contributed by atoms with van der Waals surface area (Å²) in [7, 11) is 0. The third kappa shape index (κ3) is 3.40. The molecule has 4 nitrogen and oxygen atoms in total. The van der Waals surface area contributed by atoms with Crippen LogP contribution in [-0.4, -0.2) is 57.5 Å². The van der Waals surface area contributed by atoms with Crippen LogP contribution in [0.5, 0.6) is 0 Å². The van der Waals surface area contributed by atoms with Gasteiger partial charge in [0, 0.05) is 36.5 Å². The molecule has 20 heavy (non-hydrogen) atoms. The van der Waals surface area contributed by atoms with E-state index in [-0.39, 0.29) is 0 Å². The average molecular weight is 296 g/mol. The highest BCUT2D eigenvalue weighted by Gasteiger charge is 2.33. The van der Waals surface area contributed by atoms with E-state index in [0.717, 1.165) is 52.6 Å². The quantitative estimate of drug-likeness (QED) is 0.867. The van der Waals surface area contributed by atoms with Gasteiger partial charge in [-0.15, -0.1) is 11.3 Å². The zero-order chi connectivity index (χ0) is 13.8. The van der Waals surface area contributed by atoms with Crippen molar-refractivity contribution >= 4 is 11.3 Å². The van der Waals surface area contributed by atoms with Gasteiger partial charge in [0.15, 0.2) is 0 Å². The number of rotatable bonds is 6. The first kappa shape index (κ1) is 14.5. The normalized spacial score (nSPS) is 24.2. The summed E-state index contributed by atoms with van der Waals surface area (Å²) < 4.78 is 10.8. The van der Waals surface area contributed by atoms with Crippen LogP contribution >= 0.6 is 11.3 Å². The van der Waals surface area contributed by atoms with Crippen molar-refractivity contribution in [1.29, 1.82) is 0 Å². The third-order valence-corrected chi connectivity index (χ3v) is 5.12. The van der Waals surface area contributed by atoms with Crippen LogP contribution in [0.1, 0.15) is 17.8 Å². The molecule has 2 aliphatic rings. The topological polar surface area (TPSA) is 33.7 Å². The van der Waals surface area contributed by atoms with Gasteiger partial charge in [-0.25, -0.2) is 0 Å². The molecule has 1 atom stereocenters. The number of thiophene rings is 1. The van der Waals surface area contributed by atoms with Gasteiger partial charge >= 0.3 is 0 Å². The van der Waals surface area contributed by atoms with Crippen molar-refractivity contribution in [1.82, 2.24) is 10.2 Å². The van der Waals surface area contributed by atoms with Gasteiger partial charge in [-0.2, -0.15) is 0 Å². The minimum atomic E-state index is 0.338. The lowest BCUT2D eigenvalue weighted by Gasteiger charge is -2.39. The maximum Gasteiger partial charge on any atom is 0.0594 e. The second-order valence-corrected chi connectivity index (χ2v) is 7.09. The Balaban J connectivity index is 1.57. The van der Waals surface area contributed by atoms with Crippen LogP contribution in [0.25, 0.3) is 0 Å². The molecular formula is C15H24N2O2S. The van der Waals surface area contributed by atoms with Crippen molar-refractivity contribution in [2.75, 3.05) is 52.6 Å². The zero-order valence-electron chi connectivity index (χ0n) is 12.1. The molecule has 2 fully saturated rings. The predicted octanol–water partition coefficient (Wildman–Crippen LogP) is 1.75. The number of nitrogens with zero attached hydrogens (tertiary/aromatic N) is 1. The summed E-state index contributed by atoms with van der Waals surface area (Å²) >= 11 is 1.86. The molecule has 1 aromatic heterocycles. The van der Waals surface area contributed by atoms with Crippen molar-refractivity contribution in [3.63, 3.8) is 0 Å². The molecule has 0 aliphatic carbocycles. The highest BCUT2D eigenvalue weighted by atomic mass is 32.1. The van der Waals surface area contributed by atoms with E-state index in [1.807, 2.05) is 11.3 Å². The molecule has 0 aromatic carbocycles. The van der Waals surface area contributed by atoms with Crippen LogP contribution in [0.4, 0.5) is 0 Å². The molecule has 0 unspecified atom stereocenters. The third-order valence-electron chi connectivity index (χ3n) is 4.15. The molecular weight excluding hydrogens is 272 g/mol. The van der Waals surface area contributed by atoms with Gasteiger partial charge in [0.25, 0.3) is 0 Å². The van der Waals surface area contributed by atoms with Gasteiger partial charge in [-0.3, -0.25) is 4.90 Å². The highest BCUT2D eigenvalue weighted by Crippen LogP contribution is 2.27. The van der Waals surface area contributed by atoms with Crippen LogP contribution in [0, 0.1) is 5.41 Å². The molecule has 3 heterocycles. The van der Waals surface area contributed by atoms with Crippen LogP contribution in [0.3, 0.4) is 0 Å². The van der Waals surface area contributed by atoms with Gasteiger partial charge in [0.05, 0.1) is 32.5 Å². The number of morpholine rings is 1. The summed E-state index contributed by atoms with van der Waals surface area (Å²) in [6.45, 7) is 9.90. The average Bonchev–Trinajstić information content (AvgIpc) is 2.96. The summed E-state index contributed by atoms with van der Waals surface area (Å²) in [5.74, 6) is 0. The van der Waals surface area contributed by atoms with Crippen molar-refractivity contribution < 1.29 is 9.47 Å². The predicted molar refractivity (Wildman–Crippen MR) is 81.2 cm³/mol. The van der Waals surface area contributed by atoms with Crippen molar-refractivity contribution in [2.24, 2.45) is 5.41 Å². The van der Waals surface area contributed by atoms with E-state index in [0.29, 0.717) is 11.5 Å². The Bertz CT molecular complexity index is 400. The van der Waals surface area contributed by atoms with E-state index in [1.54, 1.807) is 0 Å². The van der Waals surface area contributed by atoms with Gasteiger partial charge in [0.2, 0.25) is 0 Å². The summed E-state index contributed by atoms with van der Waals surface area (Å²) in [6.07, 6.45) is 0. The van der Waals surface area contributed by atoms with Gasteiger partial charge in [0.1, 0.15) is 0 Å². The Hall–Kier alpha value is -0.460. The maximum absolute atomic E-state index is 5.48. The van der Waals surface area contributed by atoms with E-state index < -0.39 is 0 Å². The van der Waals surface area contributed by atoms with E-state index in [1.165, 1.54) is 4.88 Å². The maximum atomic E-state index is 5.48. The van der Waals surface area contributed by atoms with Crippen molar-refractivity contribution in [3.05, 3.63) is 22.4 Å². The van der Waals surface area contributed by atoms with Crippen molar-refractivity contribution in [2.45, 2.75) is 13.0 Å². The lowest BCUT2D eigenvalue weighted by atomic mass is 9.88. The lowest BCUT2D eigenvalue weighted by Crippen LogP contribution is -2.49. The standard InChI is InChI=1S/C15H24N2O2S/c1-15(11-19-12-15)10-16-9-13(14-3-2-8-20-14)17-4-6-18-7-5-17/h2-3,8,13,16H,4-7,9-12H2,1H3/t13-/m1/s1. The van der Waals surface area contributed by atoms with E-state index in [9.17, 15) is 0 Å². The minimum Gasteiger partial charge on any atom is -0.380 e. The molecule has 0 saturated carbocycles. The molecule has 0 bridgehead atoms. The summed E-state index contributed by atoms with van der Waals surface area (Å²) in [4.78, 5) is 4.00. The van der Waals surface area contributed by atoms with E-state index in [2.05, 4.69) is 34.7 Å². The summed E-state index contributed by atoms with van der Waals surface area (Å²) in [5.41, 5.74) is 0.338. The molecule has 2 aliphatic heterocycles. The number of hydrogen-bond donors (Lipinski definition) is 1. The Kier molecular flexibility index (Phi) is 4.73. The number of nitrogens with one attached hydrogen (secondary N) is 1. The molecule has 1 N–H and O–H groups in total. The largest absolute Gasteiger partial charge is 0.380 e. The fourth-order valence-electron chi connectivity index (χ4n) is 2.84. The van der Waals surface area contributed by atoms with Gasteiger partial charge < -0.3 is 14.8 Å². The van der Waals surface area contributed by atoms with Crippen LogP contribution in [0.15, 0.2) is 17.5 Å².